The van der Waals surface area contributed by atoms with Crippen molar-refractivity contribution in [1.82, 2.24) is 24.7 Å². The Balaban J connectivity index is 1.46. The van der Waals surface area contributed by atoms with Crippen LogP contribution in [-0.2, 0) is 17.8 Å². The Bertz CT molecular complexity index is 553. The summed E-state index contributed by atoms with van der Waals surface area (Å²) in [7, 11) is 2.19. The number of amides is 1. The summed E-state index contributed by atoms with van der Waals surface area (Å²) in [4.78, 5) is 27.5. The van der Waals surface area contributed by atoms with Crippen LogP contribution in [0, 0.1) is 5.92 Å². The Morgan fingerprint density at radius 2 is 1.76 bits per heavy atom. The highest BCUT2D eigenvalue weighted by atomic mass is 16.2. The fourth-order valence-corrected chi connectivity index (χ4v) is 3.80. The number of nitrogens with zero attached hydrogens (tertiary/aromatic N) is 5. The van der Waals surface area contributed by atoms with Gasteiger partial charge in [-0.25, -0.2) is 0 Å². The van der Waals surface area contributed by atoms with Gasteiger partial charge < -0.3 is 9.80 Å². The van der Waals surface area contributed by atoms with Crippen LogP contribution >= 0.6 is 0 Å². The van der Waals surface area contributed by atoms with E-state index in [1.165, 1.54) is 13.0 Å². The summed E-state index contributed by atoms with van der Waals surface area (Å²) in [5.74, 6) is 0.819. The molecule has 0 unspecified atom stereocenters. The van der Waals surface area contributed by atoms with E-state index in [0.29, 0.717) is 5.92 Å². The summed E-state index contributed by atoms with van der Waals surface area (Å²) >= 11 is 0. The Morgan fingerprint density at radius 1 is 1.04 bits per heavy atom. The van der Waals surface area contributed by atoms with E-state index in [4.69, 9.17) is 0 Å². The number of hydrogen-bond donors (Lipinski definition) is 0. The van der Waals surface area contributed by atoms with Crippen LogP contribution in [-0.4, -0.2) is 76.9 Å². The van der Waals surface area contributed by atoms with E-state index in [-0.39, 0.29) is 5.91 Å². The van der Waals surface area contributed by atoms with Crippen LogP contribution in [0.1, 0.15) is 37.6 Å². The lowest BCUT2D eigenvalue weighted by molar-refractivity contribution is -0.130. The first kappa shape index (κ1) is 18.3. The second-order valence-electron chi connectivity index (χ2n) is 7.59. The van der Waals surface area contributed by atoms with E-state index in [1.807, 2.05) is 17.3 Å². The molecule has 0 N–H and O–H groups in total. The van der Waals surface area contributed by atoms with E-state index >= 15 is 0 Å². The molecule has 0 aromatic carbocycles. The normalized spacial score (nSPS) is 21.3. The topological polar surface area (TPSA) is 52.6 Å². The number of hydrogen-bond acceptors (Lipinski definition) is 5. The first-order chi connectivity index (χ1) is 12.1. The lowest BCUT2D eigenvalue weighted by atomic mass is 9.92. The van der Waals surface area contributed by atoms with Crippen molar-refractivity contribution in [2.75, 3.05) is 46.3 Å². The van der Waals surface area contributed by atoms with Gasteiger partial charge in [0.15, 0.2) is 0 Å². The summed E-state index contributed by atoms with van der Waals surface area (Å²) in [6.07, 6.45) is 8.26. The number of aromatic nitrogens is 2. The van der Waals surface area contributed by atoms with Crippen LogP contribution in [0.25, 0.3) is 0 Å². The van der Waals surface area contributed by atoms with E-state index in [2.05, 4.69) is 26.8 Å². The highest BCUT2D eigenvalue weighted by Gasteiger charge is 2.21. The first-order valence-electron chi connectivity index (χ1n) is 9.56. The second kappa shape index (κ2) is 8.72. The van der Waals surface area contributed by atoms with Gasteiger partial charge >= 0.3 is 0 Å². The second-order valence-corrected chi connectivity index (χ2v) is 7.59. The molecule has 0 atom stereocenters. The van der Waals surface area contributed by atoms with E-state index in [1.54, 1.807) is 6.92 Å². The smallest absolute Gasteiger partial charge is 0.219 e. The molecule has 0 aliphatic carbocycles. The quantitative estimate of drug-likeness (QED) is 0.826. The molecule has 6 nitrogen and oxygen atoms in total. The van der Waals surface area contributed by atoms with Gasteiger partial charge in [0.25, 0.3) is 0 Å². The Hall–Kier alpha value is -1.53. The molecule has 2 aliphatic rings. The molecule has 1 amide bonds. The number of rotatable bonds is 4. The Labute approximate surface area is 151 Å². The summed E-state index contributed by atoms with van der Waals surface area (Å²) < 4.78 is 0. The van der Waals surface area contributed by atoms with Gasteiger partial charge in [0.1, 0.15) is 0 Å². The maximum absolute atomic E-state index is 11.4. The zero-order valence-corrected chi connectivity index (χ0v) is 15.7. The van der Waals surface area contributed by atoms with Crippen molar-refractivity contribution in [2.45, 2.75) is 39.2 Å². The predicted octanol–water partition coefficient (Wildman–Crippen LogP) is 1.42. The molecule has 6 heteroatoms. The molecule has 0 radical (unpaired) electrons. The highest BCUT2D eigenvalue weighted by Crippen LogP contribution is 2.20. The molecule has 2 aliphatic heterocycles. The van der Waals surface area contributed by atoms with Crippen molar-refractivity contribution in [2.24, 2.45) is 5.92 Å². The number of likely N-dealkylation sites (N-methyl/N-ethyl adjacent to an activating group) is 1. The summed E-state index contributed by atoms with van der Waals surface area (Å²) in [6, 6.07) is 0. The van der Waals surface area contributed by atoms with Crippen molar-refractivity contribution in [3.63, 3.8) is 0 Å². The molecule has 0 spiro atoms. The summed E-state index contributed by atoms with van der Waals surface area (Å²) in [5, 5.41) is 0. The highest BCUT2D eigenvalue weighted by molar-refractivity contribution is 5.73. The minimum atomic E-state index is 0.197. The van der Waals surface area contributed by atoms with Gasteiger partial charge in [-0.3, -0.25) is 19.7 Å². The molecule has 3 heterocycles. The lowest BCUT2D eigenvalue weighted by Gasteiger charge is -2.31. The van der Waals surface area contributed by atoms with Crippen LogP contribution in [0.15, 0.2) is 12.4 Å². The Morgan fingerprint density at radius 3 is 2.44 bits per heavy atom. The molecule has 3 rings (SSSR count). The number of carbonyl (C=O) groups is 1. The molecular formula is C19H31N5O. The maximum atomic E-state index is 11.4. The molecule has 25 heavy (non-hydrogen) atoms. The van der Waals surface area contributed by atoms with Crippen LogP contribution < -0.4 is 0 Å². The van der Waals surface area contributed by atoms with Gasteiger partial charge in [0.2, 0.25) is 5.91 Å². The van der Waals surface area contributed by atoms with E-state index < -0.39 is 0 Å². The zero-order valence-electron chi connectivity index (χ0n) is 15.7. The lowest BCUT2D eigenvalue weighted by Crippen LogP contribution is -2.37. The van der Waals surface area contributed by atoms with Crippen LogP contribution in [0.3, 0.4) is 0 Å². The SMILES string of the molecule is CC(=O)N1CCC(Cc2cnc(CN3CCCN(C)CC3)cn2)CC1. The van der Waals surface area contributed by atoms with Gasteiger partial charge in [0, 0.05) is 45.8 Å². The van der Waals surface area contributed by atoms with Gasteiger partial charge in [-0.15, -0.1) is 0 Å². The summed E-state index contributed by atoms with van der Waals surface area (Å²) in [6.45, 7) is 8.89. The molecular weight excluding hydrogens is 314 g/mol. The van der Waals surface area contributed by atoms with Crippen molar-refractivity contribution >= 4 is 5.91 Å². The fraction of sp³-hybridized carbons (Fsp3) is 0.737. The number of piperidine rings is 1. The van der Waals surface area contributed by atoms with Crippen LogP contribution in [0.5, 0.6) is 0 Å². The monoisotopic (exact) mass is 345 g/mol. The zero-order chi connectivity index (χ0) is 17.6. The minimum absolute atomic E-state index is 0.197. The fourth-order valence-electron chi connectivity index (χ4n) is 3.80. The third kappa shape index (κ3) is 5.47. The molecule has 2 fully saturated rings. The molecule has 0 bridgehead atoms. The third-order valence-corrected chi connectivity index (χ3v) is 5.51. The van der Waals surface area contributed by atoms with Gasteiger partial charge in [-0.2, -0.15) is 0 Å². The van der Waals surface area contributed by atoms with Crippen LogP contribution in [0.4, 0.5) is 0 Å². The predicted molar refractivity (Wildman–Crippen MR) is 98.1 cm³/mol. The minimum Gasteiger partial charge on any atom is -0.343 e. The molecule has 2 saturated heterocycles. The number of carbonyl (C=O) groups excluding carboxylic acids is 1. The van der Waals surface area contributed by atoms with Gasteiger partial charge in [0.05, 0.1) is 17.6 Å². The van der Waals surface area contributed by atoms with Gasteiger partial charge in [-0.05, 0) is 51.7 Å². The average molecular weight is 345 g/mol. The van der Waals surface area contributed by atoms with Crippen molar-refractivity contribution < 1.29 is 4.79 Å². The largest absolute Gasteiger partial charge is 0.343 e. The molecule has 1 aromatic rings. The Kier molecular flexibility index (Phi) is 6.37. The van der Waals surface area contributed by atoms with Crippen molar-refractivity contribution in [1.29, 1.82) is 0 Å². The van der Waals surface area contributed by atoms with Crippen LogP contribution in [0.2, 0.25) is 0 Å². The molecule has 138 valence electrons. The molecule has 1 aromatic heterocycles. The van der Waals surface area contributed by atoms with Crippen molar-refractivity contribution in [3.8, 4) is 0 Å². The standard InChI is InChI=1S/C19H31N5O/c1-16(25)24-8-4-17(5-9-24)12-18-13-21-19(14-20-18)15-23-7-3-6-22(2)10-11-23/h13-14,17H,3-12,15H2,1-2H3. The van der Waals surface area contributed by atoms with Gasteiger partial charge in [-0.1, -0.05) is 0 Å². The third-order valence-electron chi connectivity index (χ3n) is 5.51. The van der Waals surface area contributed by atoms with E-state index in [0.717, 1.165) is 69.9 Å². The first-order valence-corrected chi connectivity index (χ1v) is 9.56. The number of likely N-dealkylation sites (tertiary alicyclic amines) is 1. The average Bonchev–Trinajstić information content (AvgIpc) is 2.81. The summed E-state index contributed by atoms with van der Waals surface area (Å²) in [5.41, 5.74) is 2.15. The maximum Gasteiger partial charge on any atom is 0.219 e. The van der Waals surface area contributed by atoms with Crippen molar-refractivity contribution in [3.05, 3.63) is 23.8 Å². The van der Waals surface area contributed by atoms with E-state index in [9.17, 15) is 4.79 Å². The molecule has 0 saturated carbocycles.